The van der Waals surface area contributed by atoms with Crippen LogP contribution < -0.4 is 10.6 Å². The molecule has 7 nitrogen and oxygen atoms in total. The summed E-state index contributed by atoms with van der Waals surface area (Å²) in [6.45, 7) is 7.31. The van der Waals surface area contributed by atoms with Crippen LogP contribution in [0, 0.1) is 23.7 Å². The van der Waals surface area contributed by atoms with Gasteiger partial charge in [0.15, 0.2) is 0 Å². The number of carbonyl (C=O) groups is 1. The summed E-state index contributed by atoms with van der Waals surface area (Å²) < 4.78 is 0. The lowest BCUT2D eigenvalue weighted by molar-refractivity contribution is -0.00412. The largest absolute Gasteiger partial charge is 0.465 e. The Morgan fingerprint density at radius 3 is 2.33 bits per heavy atom. The monoisotopic (exact) mass is 413 g/mol. The Morgan fingerprint density at radius 1 is 1.13 bits per heavy atom. The fraction of sp³-hybridized carbons (Fsp3) is 0.783. The number of carboxylic acid groups (broad SMARTS) is 1. The Balaban J connectivity index is 1.38. The Morgan fingerprint density at radius 2 is 1.77 bits per heavy atom. The van der Waals surface area contributed by atoms with Gasteiger partial charge in [-0.25, -0.2) is 9.78 Å². The minimum atomic E-state index is -0.856. The van der Waals surface area contributed by atoms with Crippen LogP contribution in [0.3, 0.4) is 0 Å². The molecular formula is C23H35N5O2. The van der Waals surface area contributed by atoms with Crippen LogP contribution in [0.1, 0.15) is 70.9 Å². The molecule has 4 bridgehead atoms. The van der Waals surface area contributed by atoms with E-state index < -0.39 is 11.6 Å². The first kappa shape index (κ1) is 19.9. The van der Waals surface area contributed by atoms with Crippen LogP contribution in [0.5, 0.6) is 0 Å². The van der Waals surface area contributed by atoms with Crippen LogP contribution in [-0.2, 0) is 0 Å². The van der Waals surface area contributed by atoms with Crippen molar-refractivity contribution in [2.45, 2.75) is 76.8 Å². The molecule has 5 aliphatic rings. The van der Waals surface area contributed by atoms with Gasteiger partial charge >= 0.3 is 6.09 Å². The smallest absolute Gasteiger partial charge is 0.408 e. The summed E-state index contributed by atoms with van der Waals surface area (Å²) in [4.78, 5) is 25.0. The van der Waals surface area contributed by atoms with E-state index in [0.29, 0.717) is 18.4 Å². The molecule has 164 valence electrons. The van der Waals surface area contributed by atoms with E-state index in [-0.39, 0.29) is 6.04 Å². The lowest BCUT2D eigenvalue weighted by Gasteiger charge is -2.54. The van der Waals surface area contributed by atoms with Gasteiger partial charge in [-0.1, -0.05) is 0 Å². The quantitative estimate of drug-likeness (QED) is 0.779. The van der Waals surface area contributed by atoms with E-state index in [1.165, 1.54) is 32.1 Å². The maximum absolute atomic E-state index is 11.9. The molecule has 4 saturated carbocycles. The van der Waals surface area contributed by atoms with E-state index in [4.69, 9.17) is 10.7 Å². The molecule has 1 aromatic rings. The summed E-state index contributed by atoms with van der Waals surface area (Å²) in [6.07, 6.45) is 6.79. The number of anilines is 2. The van der Waals surface area contributed by atoms with Crippen molar-refractivity contribution in [2.24, 2.45) is 23.7 Å². The zero-order valence-electron chi connectivity index (χ0n) is 18.4. The summed E-state index contributed by atoms with van der Waals surface area (Å²) in [5.74, 6) is 5.10. The van der Waals surface area contributed by atoms with E-state index in [1.807, 2.05) is 20.8 Å². The molecule has 0 radical (unpaired) electrons. The van der Waals surface area contributed by atoms with Crippen LogP contribution >= 0.6 is 0 Å². The summed E-state index contributed by atoms with van der Waals surface area (Å²) in [5.41, 5.74) is 6.88. The first-order valence-corrected chi connectivity index (χ1v) is 11.6. The number of nitrogens with two attached hydrogens (primary N) is 1. The maximum Gasteiger partial charge on any atom is 0.408 e. The number of hydrogen-bond donors (Lipinski definition) is 2. The van der Waals surface area contributed by atoms with Crippen LogP contribution in [0.15, 0.2) is 6.07 Å². The predicted molar refractivity (Wildman–Crippen MR) is 116 cm³/mol. The number of hydrogen-bond acceptors (Lipinski definition) is 5. The highest BCUT2D eigenvalue weighted by Crippen LogP contribution is 2.59. The fourth-order valence-corrected chi connectivity index (χ4v) is 7.36. The minimum absolute atomic E-state index is 0.0386. The molecule has 1 aliphatic heterocycles. The van der Waals surface area contributed by atoms with E-state index in [0.717, 1.165) is 48.1 Å². The third-order valence-corrected chi connectivity index (χ3v) is 8.10. The Bertz CT molecular complexity index is 807. The molecule has 1 atom stereocenters. The lowest BCUT2D eigenvalue weighted by Crippen LogP contribution is -2.52. The molecule has 5 fully saturated rings. The van der Waals surface area contributed by atoms with Crippen molar-refractivity contribution in [3.63, 3.8) is 0 Å². The van der Waals surface area contributed by atoms with Crippen LogP contribution in [0.4, 0.5) is 16.6 Å². The molecular weight excluding hydrogens is 378 g/mol. The van der Waals surface area contributed by atoms with Gasteiger partial charge in [-0.2, -0.15) is 4.98 Å². The summed E-state index contributed by atoms with van der Waals surface area (Å²) in [5, 5.41) is 9.76. The fourth-order valence-electron chi connectivity index (χ4n) is 7.36. The van der Waals surface area contributed by atoms with Crippen molar-refractivity contribution < 1.29 is 9.90 Å². The Kier molecular flexibility index (Phi) is 4.63. The first-order chi connectivity index (χ1) is 14.2. The summed E-state index contributed by atoms with van der Waals surface area (Å²) in [6, 6.07) is 2.12. The van der Waals surface area contributed by atoms with Crippen LogP contribution in [-0.4, -0.2) is 50.7 Å². The van der Waals surface area contributed by atoms with Crippen molar-refractivity contribution in [1.82, 2.24) is 14.9 Å². The zero-order chi connectivity index (χ0) is 21.2. The number of aromatic nitrogens is 2. The van der Waals surface area contributed by atoms with Crippen molar-refractivity contribution in [3.8, 4) is 0 Å². The second kappa shape index (κ2) is 6.99. The van der Waals surface area contributed by atoms with Gasteiger partial charge < -0.3 is 15.7 Å². The maximum atomic E-state index is 11.9. The average molecular weight is 414 g/mol. The molecule has 3 N–H and O–H groups in total. The van der Waals surface area contributed by atoms with Crippen LogP contribution in [0.2, 0.25) is 0 Å². The molecule has 6 rings (SSSR count). The molecule has 1 unspecified atom stereocenters. The second-order valence-electron chi connectivity index (χ2n) is 11.2. The van der Waals surface area contributed by atoms with E-state index >= 15 is 0 Å². The molecule has 0 spiro atoms. The van der Waals surface area contributed by atoms with Crippen molar-refractivity contribution >= 4 is 17.9 Å². The highest BCUT2D eigenvalue weighted by atomic mass is 16.4. The van der Waals surface area contributed by atoms with Crippen molar-refractivity contribution in [1.29, 1.82) is 0 Å². The lowest BCUT2D eigenvalue weighted by atomic mass is 9.51. The van der Waals surface area contributed by atoms with Crippen LogP contribution in [0.25, 0.3) is 0 Å². The van der Waals surface area contributed by atoms with Gasteiger partial charge in [-0.15, -0.1) is 0 Å². The third-order valence-electron chi connectivity index (χ3n) is 8.10. The normalized spacial score (nSPS) is 35.1. The van der Waals surface area contributed by atoms with Gasteiger partial charge in [-0.05, 0) is 83.0 Å². The Hall–Kier alpha value is -2.05. The molecule has 30 heavy (non-hydrogen) atoms. The Labute approximate surface area is 179 Å². The first-order valence-electron chi connectivity index (χ1n) is 11.6. The van der Waals surface area contributed by atoms with Gasteiger partial charge in [0, 0.05) is 30.6 Å². The van der Waals surface area contributed by atoms with E-state index in [9.17, 15) is 9.90 Å². The summed E-state index contributed by atoms with van der Waals surface area (Å²) >= 11 is 0. The minimum Gasteiger partial charge on any atom is -0.465 e. The molecule has 1 aromatic heterocycles. The third kappa shape index (κ3) is 3.40. The van der Waals surface area contributed by atoms with Gasteiger partial charge in [0.05, 0.1) is 11.7 Å². The molecule has 7 heteroatoms. The van der Waals surface area contributed by atoms with Gasteiger partial charge in [0.1, 0.15) is 5.82 Å². The van der Waals surface area contributed by atoms with Crippen molar-refractivity contribution in [3.05, 3.63) is 11.8 Å². The van der Waals surface area contributed by atoms with Gasteiger partial charge in [0.25, 0.3) is 0 Å². The highest BCUT2D eigenvalue weighted by Gasteiger charge is 2.49. The van der Waals surface area contributed by atoms with Gasteiger partial charge in [0.2, 0.25) is 5.95 Å². The number of nitrogens with zero attached hydrogens (tertiary/aromatic N) is 4. The molecule has 4 aliphatic carbocycles. The van der Waals surface area contributed by atoms with E-state index in [2.05, 4.69) is 16.0 Å². The molecule has 1 amide bonds. The van der Waals surface area contributed by atoms with Crippen molar-refractivity contribution in [2.75, 3.05) is 23.7 Å². The molecule has 1 saturated heterocycles. The standard InChI is InChI=1S/C23H35N5O2/c1-23(2,3)28(22(29)30)17-4-5-27(12-17)19-11-18(25-21(24)26-19)20-15-7-13-6-14(9-15)10-16(20)8-13/h11,13-17,20H,4-10,12H2,1-3H3,(H,29,30)(H2,24,25,26). The topological polar surface area (TPSA) is 95.6 Å². The number of nitrogen functional groups attached to an aromatic ring is 1. The highest BCUT2D eigenvalue weighted by molar-refractivity contribution is 5.67. The SMILES string of the molecule is CC(C)(C)N(C(=O)O)C1CCN(c2cc(C3C4CC5CC(C4)CC3C5)nc(N)n2)C1. The van der Waals surface area contributed by atoms with E-state index in [1.54, 1.807) is 4.90 Å². The number of amides is 1. The number of rotatable bonds is 3. The second-order valence-corrected chi connectivity index (χ2v) is 11.2. The zero-order valence-corrected chi connectivity index (χ0v) is 18.4. The molecule has 0 aromatic carbocycles. The van der Waals surface area contributed by atoms with Gasteiger partial charge in [-0.3, -0.25) is 4.90 Å². The summed E-state index contributed by atoms with van der Waals surface area (Å²) in [7, 11) is 0. The molecule has 2 heterocycles. The average Bonchev–Trinajstić information content (AvgIpc) is 3.08. The predicted octanol–water partition coefficient (Wildman–Crippen LogP) is 3.96.